The number of hydrogen-bond acceptors (Lipinski definition) is 0. The van der Waals surface area contributed by atoms with E-state index in [-0.39, 0.29) is 0 Å². The molecule has 0 aliphatic rings. The second-order valence-electron chi connectivity index (χ2n) is 3.52. The highest BCUT2D eigenvalue weighted by Crippen LogP contribution is 2.19. The Morgan fingerprint density at radius 2 is 1.92 bits per heavy atom. The molecule has 0 radical (unpaired) electrons. The van der Waals surface area contributed by atoms with Crippen LogP contribution in [0.2, 0.25) is 0 Å². The molecular formula is C13H18. The van der Waals surface area contributed by atoms with E-state index in [1.54, 1.807) is 0 Å². The SMILES string of the molecule is C=CCC(C)c1ccc(CC)cc1. The van der Waals surface area contributed by atoms with Crippen molar-refractivity contribution in [2.24, 2.45) is 0 Å². The van der Waals surface area contributed by atoms with Crippen LogP contribution in [0.4, 0.5) is 0 Å². The van der Waals surface area contributed by atoms with Crippen molar-refractivity contribution in [1.29, 1.82) is 0 Å². The lowest BCUT2D eigenvalue weighted by Crippen LogP contribution is -1.91. The molecule has 0 nitrogen and oxygen atoms in total. The second-order valence-corrected chi connectivity index (χ2v) is 3.52. The molecule has 0 spiro atoms. The number of aryl methyl sites for hydroxylation is 1. The number of hydrogen-bond donors (Lipinski definition) is 0. The van der Waals surface area contributed by atoms with Crippen LogP contribution in [-0.2, 0) is 6.42 Å². The lowest BCUT2D eigenvalue weighted by atomic mass is 9.96. The Morgan fingerprint density at radius 3 is 2.38 bits per heavy atom. The van der Waals surface area contributed by atoms with E-state index in [1.165, 1.54) is 11.1 Å². The van der Waals surface area contributed by atoms with Gasteiger partial charge >= 0.3 is 0 Å². The van der Waals surface area contributed by atoms with Crippen LogP contribution >= 0.6 is 0 Å². The molecule has 1 aromatic rings. The minimum Gasteiger partial charge on any atom is -0.103 e. The minimum absolute atomic E-state index is 0.600. The zero-order valence-electron chi connectivity index (χ0n) is 8.59. The predicted molar refractivity (Wildman–Crippen MR) is 59.0 cm³/mol. The highest BCUT2D eigenvalue weighted by Gasteiger charge is 2.01. The average Bonchev–Trinajstić information content (AvgIpc) is 2.18. The molecule has 0 N–H and O–H groups in total. The van der Waals surface area contributed by atoms with Gasteiger partial charge in [-0.15, -0.1) is 6.58 Å². The van der Waals surface area contributed by atoms with Crippen LogP contribution in [0, 0.1) is 0 Å². The maximum Gasteiger partial charge on any atom is -0.0156 e. The molecule has 1 aromatic carbocycles. The maximum absolute atomic E-state index is 3.76. The summed E-state index contributed by atoms with van der Waals surface area (Å²) in [6.45, 7) is 8.18. The molecule has 0 amide bonds. The molecule has 0 heteroatoms. The van der Waals surface area contributed by atoms with Gasteiger partial charge in [0.05, 0.1) is 0 Å². The zero-order chi connectivity index (χ0) is 9.68. The summed E-state index contributed by atoms with van der Waals surface area (Å²) in [5, 5.41) is 0. The van der Waals surface area contributed by atoms with E-state index in [9.17, 15) is 0 Å². The van der Waals surface area contributed by atoms with E-state index < -0.39 is 0 Å². The molecule has 0 saturated carbocycles. The molecule has 1 unspecified atom stereocenters. The Bertz CT molecular complexity index is 256. The summed E-state index contributed by atoms with van der Waals surface area (Å²) in [4.78, 5) is 0. The molecule has 0 aliphatic heterocycles. The van der Waals surface area contributed by atoms with Crippen LogP contribution in [0.15, 0.2) is 36.9 Å². The van der Waals surface area contributed by atoms with Gasteiger partial charge in [-0.1, -0.05) is 44.2 Å². The van der Waals surface area contributed by atoms with E-state index in [4.69, 9.17) is 0 Å². The van der Waals surface area contributed by atoms with E-state index in [2.05, 4.69) is 44.7 Å². The van der Waals surface area contributed by atoms with Gasteiger partial charge in [0, 0.05) is 0 Å². The summed E-state index contributed by atoms with van der Waals surface area (Å²) >= 11 is 0. The second kappa shape index (κ2) is 4.86. The Balaban J connectivity index is 2.73. The highest BCUT2D eigenvalue weighted by atomic mass is 14.1. The van der Waals surface area contributed by atoms with Crippen molar-refractivity contribution in [2.75, 3.05) is 0 Å². The van der Waals surface area contributed by atoms with Crippen LogP contribution in [0.3, 0.4) is 0 Å². The standard InChI is InChI=1S/C13H18/c1-4-6-11(3)13-9-7-12(5-2)8-10-13/h4,7-11H,1,5-6H2,2-3H3. The van der Waals surface area contributed by atoms with Crippen molar-refractivity contribution < 1.29 is 0 Å². The quantitative estimate of drug-likeness (QED) is 0.607. The van der Waals surface area contributed by atoms with Gasteiger partial charge in [-0.05, 0) is 29.9 Å². The average molecular weight is 174 g/mol. The zero-order valence-corrected chi connectivity index (χ0v) is 8.59. The number of rotatable bonds is 4. The van der Waals surface area contributed by atoms with Crippen molar-refractivity contribution in [3.05, 3.63) is 48.0 Å². The van der Waals surface area contributed by atoms with Gasteiger partial charge < -0.3 is 0 Å². The van der Waals surface area contributed by atoms with E-state index in [0.29, 0.717) is 5.92 Å². The third-order valence-corrected chi connectivity index (χ3v) is 2.48. The molecule has 0 heterocycles. The summed E-state index contributed by atoms with van der Waals surface area (Å²) in [6.07, 6.45) is 4.17. The normalized spacial score (nSPS) is 12.5. The highest BCUT2D eigenvalue weighted by molar-refractivity contribution is 5.25. The molecule has 0 saturated heterocycles. The Morgan fingerprint density at radius 1 is 1.31 bits per heavy atom. The fraction of sp³-hybridized carbons (Fsp3) is 0.385. The summed E-state index contributed by atoms with van der Waals surface area (Å²) in [5.74, 6) is 0.600. The van der Waals surface area contributed by atoms with Crippen molar-refractivity contribution >= 4 is 0 Å². The predicted octanol–water partition coefficient (Wildman–Crippen LogP) is 3.93. The third-order valence-electron chi connectivity index (χ3n) is 2.48. The Kier molecular flexibility index (Phi) is 3.75. The first kappa shape index (κ1) is 10.0. The first-order valence-electron chi connectivity index (χ1n) is 4.97. The van der Waals surface area contributed by atoms with E-state index in [0.717, 1.165) is 12.8 Å². The molecule has 1 rings (SSSR count). The van der Waals surface area contributed by atoms with Gasteiger partial charge in [0.15, 0.2) is 0 Å². The summed E-state index contributed by atoms with van der Waals surface area (Å²) < 4.78 is 0. The molecule has 0 bridgehead atoms. The van der Waals surface area contributed by atoms with E-state index >= 15 is 0 Å². The number of benzene rings is 1. The van der Waals surface area contributed by atoms with Crippen molar-refractivity contribution in [2.45, 2.75) is 32.6 Å². The molecule has 1 atom stereocenters. The van der Waals surface area contributed by atoms with Crippen LogP contribution in [-0.4, -0.2) is 0 Å². The van der Waals surface area contributed by atoms with Crippen LogP contribution in [0.5, 0.6) is 0 Å². The third kappa shape index (κ3) is 2.73. The number of allylic oxidation sites excluding steroid dienone is 1. The summed E-state index contributed by atoms with van der Waals surface area (Å²) in [5.41, 5.74) is 2.83. The van der Waals surface area contributed by atoms with Gasteiger partial charge in [0.1, 0.15) is 0 Å². The molecule has 0 aliphatic carbocycles. The van der Waals surface area contributed by atoms with Crippen molar-refractivity contribution in [3.63, 3.8) is 0 Å². The topological polar surface area (TPSA) is 0 Å². The van der Waals surface area contributed by atoms with Crippen molar-refractivity contribution in [3.8, 4) is 0 Å². The Labute approximate surface area is 81.3 Å². The monoisotopic (exact) mass is 174 g/mol. The first-order valence-corrected chi connectivity index (χ1v) is 4.97. The lowest BCUT2D eigenvalue weighted by molar-refractivity contribution is 0.781. The van der Waals surface area contributed by atoms with Crippen LogP contribution in [0.1, 0.15) is 37.3 Å². The minimum atomic E-state index is 0.600. The van der Waals surface area contributed by atoms with Gasteiger partial charge in [-0.3, -0.25) is 0 Å². The maximum atomic E-state index is 3.76. The molecular weight excluding hydrogens is 156 g/mol. The smallest absolute Gasteiger partial charge is 0.0156 e. The lowest BCUT2D eigenvalue weighted by Gasteiger charge is -2.09. The molecule has 13 heavy (non-hydrogen) atoms. The summed E-state index contributed by atoms with van der Waals surface area (Å²) in [7, 11) is 0. The largest absolute Gasteiger partial charge is 0.103 e. The van der Waals surface area contributed by atoms with Gasteiger partial charge in [0.25, 0.3) is 0 Å². The Hall–Kier alpha value is -1.04. The fourth-order valence-electron chi connectivity index (χ4n) is 1.47. The van der Waals surface area contributed by atoms with Gasteiger partial charge in [-0.25, -0.2) is 0 Å². The molecule has 0 fully saturated rings. The van der Waals surface area contributed by atoms with Crippen LogP contribution in [0.25, 0.3) is 0 Å². The molecule has 70 valence electrons. The summed E-state index contributed by atoms with van der Waals surface area (Å²) in [6, 6.07) is 8.89. The van der Waals surface area contributed by atoms with Gasteiger partial charge in [-0.2, -0.15) is 0 Å². The van der Waals surface area contributed by atoms with Gasteiger partial charge in [0.2, 0.25) is 0 Å². The first-order chi connectivity index (χ1) is 6.27. The fourth-order valence-corrected chi connectivity index (χ4v) is 1.47. The molecule has 0 aromatic heterocycles. The van der Waals surface area contributed by atoms with Crippen molar-refractivity contribution in [1.82, 2.24) is 0 Å². The van der Waals surface area contributed by atoms with Crippen LogP contribution < -0.4 is 0 Å². The van der Waals surface area contributed by atoms with E-state index in [1.807, 2.05) is 6.08 Å².